The minimum Gasteiger partial charge on any atom is -0.397 e. The summed E-state index contributed by atoms with van der Waals surface area (Å²) in [5, 5.41) is 9.80. The highest BCUT2D eigenvalue weighted by Crippen LogP contribution is 2.32. The van der Waals surface area contributed by atoms with E-state index in [-0.39, 0.29) is 0 Å². The van der Waals surface area contributed by atoms with Crippen LogP contribution in [0.5, 0.6) is 0 Å². The molecule has 19 heavy (non-hydrogen) atoms. The van der Waals surface area contributed by atoms with E-state index in [9.17, 15) is 5.26 Å². The smallest absolute Gasteiger partial charge is 0.102 e. The summed E-state index contributed by atoms with van der Waals surface area (Å²) in [5.74, 6) is 0. The summed E-state index contributed by atoms with van der Waals surface area (Å²) in [6.07, 6.45) is 3.23. The van der Waals surface area contributed by atoms with Gasteiger partial charge in [0.25, 0.3) is 0 Å². The lowest BCUT2D eigenvalue weighted by Crippen LogP contribution is -2.01. The zero-order chi connectivity index (χ0) is 13.8. The number of hydrogen-bond donors (Lipinski definition) is 1. The van der Waals surface area contributed by atoms with E-state index in [4.69, 9.17) is 17.3 Å². The number of hydrogen-bond acceptors (Lipinski definition) is 3. The zero-order valence-electron chi connectivity index (χ0n) is 9.77. The Labute approximate surface area is 124 Å². The lowest BCUT2D eigenvalue weighted by molar-refractivity contribution is 1.32. The summed E-state index contributed by atoms with van der Waals surface area (Å²) < 4.78 is 0.738. The van der Waals surface area contributed by atoms with Gasteiger partial charge in [0.2, 0.25) is 0 Å². The van der Waals surface area contributed by atoms with Crippen LogP contribution in [0.1, 0.15) is 11.1 Å². The minimum atomic E-state index is 0.347. The molecule has 0 fully saturated rings. The van der Waals surface area contributed by atoms with Gasteiger partial charge in [0.15, 0.2) is 0 Å². The molecule has 2 rings (SSSR count). The van der Waals surface area contributed by atoms with Crippen molar-refractivity contribution in [1.82, 2.24) is 4.98 Å². The van der Waals surface area contributed by atoms with Gasteiger partial charge in [-0.05, 0) is 39.7 Å². The molecule has 0 saturated carbocycles. The van der Waals surface area contributed by atoms with Crippen molar-refractivity contribution in [1.29, 1.82) is 5.26 Å². The largest absolute Gasteiger partial charge is 0.397 e. The molecule has 0 saturated heterocycles. The molecule has 94 valence electrons. The van der Waals surface area contributed by atoms with Crippen molar-refractivity contribution >= 4 is 38.8 Å². The molecular weight excluding hydrogens is 326 g/mol. The summed E-state index contributed by atoms with van der Waals surface area (Å²) in [6, 6.07) is 11.0. The molecule has 0 atom stereocenters. The van der Waals surface area contributed by atoms with Gasteiger partial charge in [-0.1, -0.05) is 23.7 Å². The molecule has 0 aliphatic carbocycles. The van der Waals surface area contributed by atoms with E-state index in [1.54, 1.807) is 30.6 Å². The van der Waals surface area contributed by atoms with E-state index in [1.807, 2.05) is 12.1 Å². The second-order valence-electron chi connectivity index (χ2n) is 3.74. The van der Waals surface area contributed by atoms with Crippen molar-refractivity contribution in [2.24, 2.45) is 5.73 Å². The molecule has 0 aliphatic heterocycles. The Hall–Kier alpha value is -1.83. The Bertz CT molecular complexity index is 675. The third-order valence-corrected chi connectivity index (χ3v) is 3.89. The van der Waals surface area contributed by atoms with Crippen molar-refractivity contribution in [3.63, 3.8) is 0 Å². The number of pyridine rings is 1. The molecular formula is C14H9BrClN3. The van der Waals surface area contributed by atoms with Gasteiger partial charge < -0.3 is 5.73 Å². The Morgan fingerprint density at radius 2 is 1.95 bits per heavy atom. The van der Waals surface area contributed by atoms with Gasteiger partial charge in [0.05, 0.1) is 16.3 Å². The van der Waals surface area contributed by atoms with E-state index >= 15 is 0 Å². The van der Waals surface area contributed by atoms with E-state index in [0.717, 1.165) is 4.47 Å². The monoisotopic (exact) mass is 333 g/mol. The van der Waals surface area contributed by atoms with Gasteiger partial charge in [-0.3, -0.25) is 4.98 Å². The number of aromatic nitrogens is 1. The highest BCUT2D eigenvalue weighted by Gasteiger charge is 2.12. The van der Waals surface area contributed by atoms with Crippen LogP contribution < -0.4 is 5.73 Å². The normalized spacial score (nSPS) is 11.6. The molecule has 1 heterocycles. The summed E-state index contributed by atoms with van der Waals surface area (Å²) in [6.45, 7) is 0. The fourth-order valence-electron chi connectivity index (χ4n) is 1.65. The maximum Gasteiger partial charge on any atom is 0.102 e. The van der Waals surface area contributed by atoms with Crippen molar-refractivity contribution in [2.75, 3.05) is 0 Å². The van der Waals surface area contributed by atoms with Crippen LogP contribution in [0.25, 0.3) is 11.3 Å². The van der Waals surface area contributed by atoms with Crippen LogP contribution in [-0.2, 0) is 0 Å². The number of benzene rings is 1. The van der Waals surface area contributed by atoms with Crippen molar-refractivity contribution in [3.8, 4) is 6.07 Å². The van der Waals surface area contributed by atoms with Crippen molar-refractivity contribution in [3.05, 3.63) is 63.3 Å². The van der Waals surface area contributed by atoms with Crippen LogP contribution in [0.4, 0.5) is 0 Å². The molecule has 5 heteroatoms. The maximum atomic E-state index is 9.31. The molecule has 1 aromatic carbocycles. The Morgan fingerprint density at radius 1 is 1.26 bits per heavy atom. The number of halogens is 2. The second kappa shape index (κ2) is 5.87. The first kappa shape index (κ1) is 13.6. The zero-order valence-corrected chi connectivity index (χ0v) is 12.1. The van der Waals surface area contributed by atoms with Gasteiger partial charge in [-0.15, -0.1) is 0 Å². The molecule has 3 nitrogen and oxygen atoms in total. The van der Waals surface area contributed by atoms with Crippen molar-refractivity contribution in [2.45, 2.75) is 0 Å². The first-order valence-electron chi connectivity index (χ1n) is 5.39. The topological polar surface area (TPSA) is 62.7 Å². The Kier molecular flexibility index (Phi) is 4.20. The fraction of sp³-hybridized carbons (Fsp3) is 0. The third kappa shape index (κ3) is 2.78. The number of nitrogens with zero attached hydrogens (tertiary/aromatic N) is 2. The molecule has 2 N–H and O–H groups in total. The van der Waals surface area contributed by atoms with Gasteiger partial charge in [-0.2, -0.15) is 5.26 Å². The van der Waals surface area contributed by atoms with Crippen molar-refractivity contribution < 1.29 is 0 Å². The molecule has 0 aliphatic rings. The van der Waals surface area contributed by atoms with Crippen LogP contribution in [0.3, 0.4) is 0 Å². The summed E-state index contributed by atoms with van der Waals surface area (Å²) in [7, 11) is 0. The number of nitrogens with two attached hydrogens (primary N) is 1. The summed E-state index contributed by atoms with van der Waals surface area (Å²) in [5.41, 5.74) is 8.15. The highest BCUT2D eigenvalue weighted by atomic mass is 79.9. The van der Waals surface area contributed by atoms with Crippen LogP contribution in [-0.4, -0.2) is 4.98 Å². The number of allylic oxidation sites excluding steroid dienone is 1. The number of rotatable bonds is 2. The van der Waals surface area contributed by atoms with Crippen LogP contribution in [0.2, 0.25) is 5.02 Å². The van der Waals surface area contributed by atoms with E-state index in [2.05, 4.69) is 27.0 Å². The Balaban J connectivity index is 2.63. The van der Waals surface area contributed by atoms with Crippen LogP contribution in [0.15, 0.2) is 47.2 Å². The SMILES string of the molecule is N#C/C(=C(/N)c1cccc(Br)c1Cl)c1ccncc1. The molecule has 1 aromatic heterocycles. The van der Waals surface area contributed by atoms with Gasteiger partial charge in [0, 0.05) is 22.4 Å². The minimum absolute atomic E-state index is 0.347. The lowest BCUT2D eigenvalue weighted by atomic mass is 10.0. The first-order chi connectivity index (χ1) is 9.15. The highest BCUT2D eigenvalue weighted by molar-refractivity contribution is 9.10. The Morgan fingerprint density at radius 3 is 2.58 bits per heavy atom. The average molecular weight is 335 g/mol. The van der Waals surface area contributed by atoms with Gasteiger partial charge in [-0.25, -0.2) is 0 Å². The lowest BCUT2D eigenvalue weighted by Gasteiger charge is -2.09. The molecule has 0 spiro atoms. The fourth-order valence-corrected chi connectivity index (χ4v) is 2.24. The molecule has 0 bridgehead atoms. The third-order valence-electron chi connectivity index (χ3n) is 2.59. The summed E-state index contributed by atoms with van der Waals surface area (Å²) in [4.78, 5) is 3.92. The standard InChI is InChI=1S/C14H9BrClN3/c15-12-3-1-2-10(13(12)16)14(18)11(8-17)9-4-6-19-7-5-9/h1-7H,18H2/b14-11-. The van der Waals surface area contributed by atoms with Crippen LogP contribution >= 0.6 is 27.5 Å². The molecule has 0 amide bonds. The summed E-state index contributed by atoms with van der Waals surface area (Å²) >= 11 is 9.53. The van der Waals surface area contributed by atoms with Gasteiger partial charge in [0.1, 0.15) is 6.07 Å². The van der Waals surface area contributed by atoms with E-state index in [0.29, 0.717) is 27.4 Å². The van der Waals surface area contributed by atoms with E-state index < -0.39 is 0 Å². The molecule has 0 radical (unpaired) electrons. The van der Waals surface area contributed by atoms with E-state index in [1.165, 1.54) is 0 Å². The predicted molar refractivity (Wildman–Crippen MR) is 80.0 cm³/mol. The predicted octanol–water partition coefficient (Wildman–Crippen LogP) is 3.85. The number of nitriles is 1. The first-order valence-corrected chi connectivity index (χ1v) is 6.57. The quantitative estimate of drug-likeness (QED) is 0.849. The second-order valence-corrected chi connectivity index (χ2v) is 4.97. The van der Waals surface area contributed by atoms with Crippen LogP contribution in [0, 0.1) is 11.3 Å². The average Bonchev–Trinajstić information content (AvgIpc) is 2.44. The van der Waals surface area contributed by atoms with Gasteiger partial charge >= 0.3 is 0 Å². The maximum absolute atomic E-state index is 9.31. The molecule has 2 aromatic rings. The molecule has 0 unspecified atom stereocenters.